The Morgan fingerprint density at radius 3 is 1.58 bits per heavy atom. The highest BCUT2D eigenvalue weighted by atomic mass is 32.1. The largest absolute Gasteiger partial charge is 0.456 e. The van der Waals surface area contributed by atoms with Crippen LogP contribution in [0.15, 0.2) is 199 Å². The molecule has 0 bridgehead atoms. The molecule has 13 aromatic rings. The lowest BCUT2D eigenvalue weighted by Crippen LogP contribution is -1.92. The molecule has 0 aliphatic carbocycles. The summed E-state index contributed by atoms with van der Waals surface area (Å²) in [6, 6.07) is 71.1. The fraction of sp³-hybridized carbons (Fsp3) is 0. The standard InChI is InChI=1S/C56H32OS2/c1-3-15-33(16-4-1)51-44-29-28-42-45-31-35(27-30-49(45)58-55(42)56(44)59-54(51)34-17-5-2-6-18-34)50-38-21-9-11-23-40(38)52(41-24-12-10-22-39(41)50)46-32-48-53(37-20-8-7-19-36(37)46)43-25-13-14-26-47(43)57-48/h1-32H. The molecule has 10 aromatic carbocycles. The van der Waals surface area contributed by atoms with Crippen LogP contribution in [0.3, 0.4) is 0 Å². The molecule has 0 radical (unpaired) electrons. The first-order chi connectivity index (χ1) is 29.3. The van der Waals surface area contributed by atoms with Gasteiger partial charge in [0.25, 0.3) is 0 Å². The van der Waals surface area contributed by atoms with Crippen LogP contribution in [0.4, 0.5) is 0 Å². The van der Waals surface area contributed by atoms with Crippen molar-refractivity contribution in [3.05, 3.63) is 194 Å². The van der Waals surface area contributed by atoms with Crippen LogP contribution in [0.2, 0.25) is 0 Å². The molecule has 0 fully saturated rings. The van der Waals surface area contributed by atoms with E-state index in [2.05, 4.69) is 194 Å². The molecule has 0 aliphatic heterocycles. The van der Waals surface area contributed by atoms with Gasteiger partial charge >= 0.3 is 0 Å². The predicted molar refractivity (Wildman–Crippen MR) is 256 cm³/mol. The van der Waals surface area contributed by atoms with Gasteiger partial charge in [-0.15, -0.1) is 22.7 Å². The van der Waals surface area contributed by atoms with E-state index in [4.69, 9.17) is 4.42 Å². The number of hydrogen-bond acceptors (Lipinski definition) is 3. The summed E-state index contributed by atoms with van der Waals surface area (Å²) in [5.41, 5.74) is 10.6. The highest BCUT2D eigenvalue weighted by Gasteiger charge is 2.23. The number of hydrogen-bond donors (Lipinski definition) is 0. The van der Waals surface area contributed by atoms with Crippen LogP contribution in [0.25, 0.3) is 128 Å². The van der Waals surface area contributed by atoms with Crippen molar-refractivity contribution in [2.75, 3.05) is 0 Å². The van der Waals surface area contributed by atoms with Gasteiger partial charge in [-0.2, -0.15) is 0 Å². The van der Waals surface area contributed by atoms with Gasteiger partial charge in [0.05, 0.1) is 9.40 Å². The molecule has 0 aliphatic rings. The van der Waals surface area contributed by atoms with Gasteiger partial charge in [0.15, 0.2) is 0 Å². The van der Waals surface area contributed by atoms with Crippen molar-refractivity contribution in [3.8, 4) is 43.8 Å². The Kier molecular flexibility index (Phi) is 7.12. The molecule has 0 saturated heterocycles. The minimum Gasteiger partial charge on any atom is -0.456 e. The number of rotatable bonds is 4. The molecular weight excluding hydrogens is 753 g/mol. The average molecular weight is 785 g/mol. The van der Waals surface area contributed by atoms with Crippen molar-refractivity contribution in [2.45, 2.75) is 0 Å². The summed E-state index contributed by atoms with van der Waals surface area (Å²) in [5.74, 6) is 0. The number of para-hydroxylation sites is 1. The third-order valence-electron chi connectivity index (χ3n) is 12.3. The molecule has 13 rings (SSSR count). The Morgan fingerprint density at radius 2 is 0.864 bits per heavy atom. The summed E-state index contributed by atoms with van der Waals surface area (Å²) in [4.78, 5) is 1.32. The van der Waals surface area contributed by atoms with E-state index in [0.29, 0.717) is 0 Å². The van der Waals surface area contributed by atoms with Crippen molar-refractivity contribution < 1.29 is 4.42 Å². The summed E-state index contributed by atoms with van der Waals surface area (Å²) < 4.78 is 10.6. The number of furan rings is 1. The van der Waals surface area contributed by atoms with Crippen molar-refractivity contribution in [1.82, 2.24) is 0 Å². The van der Waals surface area contributed by atoms with Crippen LogP contribution in [0.1, 0.15) is 0 Å². The molecule has 59 heavy (non-hydrogen) atoms. The minimum absolute atomic E-state index is 0.915. The molecule has 0 saturated carbocycles. The van der Waals surface area contributed by atoms with Crippen LogP contribution in [0, 0.1) is 0 Å². The van der Waals surface area contributed by atoms with Crippen LogP contribution < -0.4 is 0 Å². The van der Waals surface area contributed by atoms with E-state index in [1.54, 1.807) is 0 Å². The smallest absolute Gasteiger partial charge is 0.136 e. The van der Waals surface area contributed by atoms with Gasteiger partial charge in [0, 0.05) is 42.1 Å². The van der Waals surface area contributed by atoms with E-state index in [9.17, 15) is 0 Å². The summed E-state index contributed by atoms with van der Waals surface area (Å²) in [7, 11) is 0. The Bertz CT molecular complexity index is 3770. The average Bonchev–Trinajstić information content (AvgIpc) is 4.00. The lowest BCUT2D eigenvalue weighted by atomic mass is 9.84. The zero-order valence-corrected chi connectivity index (χ0v) is 33.3. The Balaban J connectivity index is 1.06. The Labute approximate surface area is 347 Å². The van der Waals surface area contributed by atoms with Gasteiger partial charge in [-0.05, 0) is 90.0 Å². The van der Waals surface area contributed by atoms with Crippen molar-refractivity contribution in [3.63, 3.8) is 0 Å². The zero-order valence-electron chi connectivity index (χ0n) is 31.7. The van der Waals surface area contributed by atoms with Crippen LogP contribution in [-0.4, -0.2) is 0 Å². The Hall–Kier alpha value is -7.04. The molecule has 3 heterocycles. The summed E-state index contributed by atoms with van der Waals surface area (Å²) in [6.07, 6.45) is 0. The first-order valence-electron chi connectivity index (χ1n) is 20.1. The van der Waals surface area contributed by atoms with Gasteiger partial charge < -0.3 is 4.42 Å². The quantitative estimate of drug-likeness (QED) is 0.162. The van der Waals surface area contributed by atoms with Crippen LogP contribution in [0.5, 0.6) is 0 Å². The van der Waals surface area contributed by atoms with E-state index in [1.165, 1.54) is 112 Å². The second-order valence-corrected chi connectivity index (χ2v) is 17.5. The summed E-state index contributed by atoms with van der Waals surface area (Å²) >= 11 is 3.85. The van der Waals surface area contributed by atoms with Crippen molar-refractivity contribution in [1.29, 1.82) is 0 Å². The Morgan fingerprint density at radius 1 is 0.305 bits per heavy atom. The molecule has 0 unspecified atom stereocenters. The second-order valence-electron chi connectivity index (χ2n) is 15.5. The monoisotopic (exact) mass is 784 g/mol. The van der Waals surface area contributed by atoms with E-state index in [1.807, 2.05) is 22.7 Å². The highest BCUT2D eigenvalue weighted by Crippen LogP contribution is 2.52. The first-order valence-corrected chi connectivity index (χ1v) is 21.7. The van der Waals surface area contributed by atoms with Crippen LogP contribution >= 0.6 is 22.7 Å². The molecule has 0 N–H and O–H groups in total. The maximum Gasteiger partial charge on any atom is 0.136 e. The van der Waals surface area contributed by atoms with Gasteiger partial charge in [0.1, 0.15) is 11.2 Å². The lowest BCUT2D eigenvalue weighted by Gasteiger charge is -2.19. The number of fused-ring (bicyclic) bond motifs is 12. The molecule has 0 atom stereocenters. The SMILES string of the molecule is c1ccc(-c2sc3c(ccc4c5cc(-c6c7ccccc7c(-c7cc8oc9ccccc9c8c8ccccc78)c7ccccc67)ccc5sc43)c2-c2ccccc2)cc1. The normalized spacial score (nSPS) is 12.1. The fourth-order valence-corrected chi connectivity index (χ4v) is 12.4. The van der Waals surface area contributed by atoms with Crippen molar-refractivity contribution >= 4 is 107 Å². The predicted octanol–water partition coefficient (Wildman–Crippen LogP) is 17.3. The summed E-state index contributed by atoms with van der Waals surface area (Å²) in [5, 5.41) is 13.7. The maximum absolute atomic E-state index is 6.59. The topological polar surface area (TPSA) is 13.1 Å². The van der Waals surface area contributed by atoms with E-state index in [0.717, 1.165) is 16.6 Å². The van der Waals surface area contributed by atoms with Crippen molar-refractivity contribution in [2.24, 2.45) is 0 Å². The van der Waals surface area contributed by atoms with E-state index >= 15 is 0 Å². The highest BCUT2D eigenvalue weighted by molar-refractivity contribution is 7.32. The third kappa shape index (κ3) is 4.83. The molecule has 3 heteroatoms. The van der Waals surface area contributed by atoms with Gasteiger partial charge in [0.2, 0.25) is 0 Å². The van der Waals surface area contributed by atoms with E-state index < -0.39 is 0 Å². The van der Waals surface area contributed by atoms with Crippen LogP contribution in [-0.2, 0) is 0 Å². The van der Waals surface area contributed by atoms with E-state index in [-0.39, 0.29) is 0 Å². The summed E-state index contributed by atoms with van der Waals surface area (Å²) in [6.45, 7) is 0. The molecule has 3 aromatic heterocycles. The lowest BCUT2D eigenvalue weighted by molar-refractivity contribution is 0.669. The molecule has 274 valence electrons. The maximum atomic E-state index is 6.59. The van der Waals surface area contributed by atoms with Gasteiger partial charge in [-0.1, -0.05) is 170 Å². The number of thiophene rings is 2. The molecule has 0 amide bonds. The molecule has 1 nitrogen and oxygen atoms in total. The molecule has 0 spiro atoms. The first kappa shape index (κ1) is 33.0. The zero-order chi connectivity index (χ0) is 38.6. The van der Waals surface area contributed by atoms with Gasteiger partial charge in [-0.25, -0.2) is 0 Å². The second kappa shape index (κ2) is 12.7. The number of benzene rings is 10. The fourth-order valence-electron chi connectivity index (χ4n) is 9.75. The minimum atomic E-state index is 0.915. The van der Waals surface area contributed by atoms with Gasteiger partial charge in [-0.3, -0.25) is 0 Å². The molecular formula is C56H32OS2. The third-order valence-corrected chi connectivity index (χ3v) is 14.9.